The Balaban J connectivity index is 4.78. The lowest BCUT2D eigenvalue weighted by molar-refractivity contribution is -0.111. The molecule has 46 valence electrons. The van der Waals surface area contributed by atoms with E-state index >= 15 is 0 Å². The quantitative estimate of drug-likeness (QED) is 0.379. The second-order valence-electron chi connectivity index (χ2n) is 0.873. The van der Waals surface area contributed by atoms with Gasteiger partial charge < -0.3 is 5.73 Å². The molecule has 6 heteroatoms. The van der Waals surface area contributed by atoms with Gasteiger partial charge in [-0.3, -0.25) is 4.79 Å². The van der Waals surface area contributed by atoms with E-state index in [1.807, 2.05) is 0 Å². The normalized spacial score (nSPS) is 8.12. The molecule has 0 aromatic carbocycles. The van der Waals surface area contributed by atoms with Crippen LogP contribution in [0.25, 0.3) is 0 Å². The highest BCUT2D eigenvalue weighted by atomic mass is 35.5. The Kier molecular flexibility index (Phi) is 2.50. The number of hydrogen-bond donors (Lipinski definition) is 1. The summed E-state index contributed by atoms with van der Waals surface area (Å²) in [7, 11) is -2.68. The van der Waals surface area contributed by atoms with Crippen molar-refractivity contribution in [2.45, 2.75) is 0 Å². The summed E-state index contributed by atoms with van der Waals surface area (Å²) < 4.78 is 18.5. The van der Waals surface area contributed by atoms with Crippen LogP contribution in [0.1, 0.15) is 0 Å². The van der Waals surface area contributed by atoms with Crippen molar-refractivity contribution in [3.8, 4) is 0 Å². The number of rotatable bonds is 1. The van der Waals surface area contributed by atoms with Crippen LogP contribution >= 0.6 is 11.6 Å². The molecule has 0 fully saturated rings. The summed E-state index contributed by atoms with van der Waals surface area (Å²) in [6, 6.07) is 0. The standard InChI is InChI=1S/C2H2ClNO3S/c3-1(2(4)5)8(6)7/h(H2,4,5). The van der Waals surface area contributed by atoms with Gasteiger partial charge in [0.1, 0.15) is 0 Å². The maximum atomic E-state index is 9.80. The SMILES string of the molecule is NC(=O)C(Cl)=S(=O)=O. The van der Waals surface area contributed by atoms with Crippen LogP contribution in [0.4, 0.5) is 0 Å². The molecule has 0 unspecified atom stereocenters. The van der Waals surface area contributed by atoms with Crippen LogP contribution in [0.15, 0.2) is 0 Å². The lowest BCUT2D eigenvalue weighted by Gasteiger charge is -1.76. The predicted molar refractivity (Wildman–Crippen MR) is 29.0 cm³/mol. The fourth-order valence-electron chi connectivity index (χ4n) is 0.0821. The molecule has 0 aromatic rings. The molecular weight excluding hydrogens is 154 g/mol. The first kappa shape index (κ1) is 7.45. The third kappa shape index (κ3) is 1.94. The van der Waals surface area contributed by atoms with Crippen LogP contribution in [0.5, 0.6) is 0 Å². The molecule has 0 saturated carbocycles. The maximum Gasteiger partial charge on any atom is 0.276 e. The van der Waals surface area contributed by atoms with Gasteiger partial charge in [0.05, 0.1) is 0 Å². The van der Waals surface area contributed by atoms with Gasteiger partial charge in [0.25, 0.3) is 5.91 Å². The Morgan fingerprint density at radius 1 is 1.50 bits per heavy atom. The Hall–Kier alpha value is -0.550. The van der Waals surface area contributed by atoms with Crippen LogP contribution in [-0.4, -0.2) is 18.6 Å². The first-order valence-electron chi connectivity index (χ1n) is 1.47. The third-order valence-corrected chi connectivity index (χ3v) is 1.40. The van der Waals surface area contributed by atoms with Crippen molar-refractivity contribution in [2.75, 3.05) is 0 Å². The second-order valence-corrected chi connectivity index (χ2v) is 2.35. The summed E-state index contributed by atoms with van der Waals surface area (Å²) in [4.78, 5) is 9.80. The predicted octanol–water partition coefficient (Wildman–Crippen LogP) is -1.28. The Morgan fingerprint density at radius 2 is 1.88 bits per heavy atom. The average Bonchev–Trinajstić information content (AvgIpc) is 1.64. The number of hydrogen-bond acceptors (Lipinski definition) is 3. The van der Waals surface area contributed by atoms with Gasteiger partial charge >= 0.3 is 0 Å². The Morgan fingerprint density at radius 3 is 1.88 bits per heavy atom. The van der Waals surface area contributed by atoms with Gasteiger partial charge in [0, 0.05) is 0 Å². The van der Waals surface area contributed by atoms with Gasteiger partial charge in [-0.1, -0.05) is 11.6 Å². The van der Waals surface area contributed by atoms with E-state index < -0.39 is 20.5 Å². The van der Waals surface area contributed by atoms with Crippen molar-refractivity contribution in [3.63, 3.8) is 0 Å². The van der Waals surface area contributed by atoms with E-state index in [1.54, 1.807) is 0 Å². The first-order chi connectivity index (χ1) is 3.55. The van der Waals surface area contributed by atoms with Crippen molar-refractivity contribution in [1.82, 2.24) is 0 Å². The number of carbonyl (C=O) groups is 1. The van der Waals surface area contributed by atoms with Crippen molar-refractivity contribution in [2.24, 2.45) is 5.73 Å². The molecule has 0 bridgehead atoms. The molecule has 0 aromatic heterocycles. The minimum absolute atomic E-state index is 0.870. The van der Waals surface area contributed by atoms with Gasteiger partial charge in [0.2, 0.25) is 14.6 Å². The topological polar surface area (TPSA) is 77.2 Å². The second kappa shape index (κ2) is 2.68. The summed E-state index contributed by atoms with van der Waals surface area (Å²) >= 11 is 4.78. The minimum atomic E-state index is -2.68. The van der Waals surface area contributed by atoms with Gasteiger partial charge in [0.15, 0.2) is 0 Å². The summed E-state index contributed by atoms with van der Waals surface area (Å²) in [6.45, 7) is 0. The smallest absolute Gasteiger partial charge is 0.276 e. The molecule has 0 heterocycles. The van der Waals surface area contributed by atoms with E-state index in [9.17, 15) is 13.2 Å². The molecule has 1 amide bonds. The number of carbonyl (C=O) groups excluding carboxylic acids is 1. The fraction of sp³-hybridized carbons (Fsp3) is 0. The molecule has 0 atom stereocenters. The van der Waals surface area contributed by atoms with Crippen molar-refractivity contribution < 1.29 is 13.2 Å². The molecule has 0 saturated heterocycles. The zero-order chi connectivity index (χ0) is 6.73. The average molecular weight is 156 g/mol. The van der Waals surface area contributed by atoms with E-state index in [1.165, 1.54) is 0 Å². The van der Waals surface area contributed by atoms with Crippen molar-refractivity contribution >= 4 is 32.1 Å². The molecule has 4 nitrogen and oxygen atoms in total. The Bertz CT molecular complexity index is 220. The van der Waals surface area contributed by atoms with Gasteiger partial charge in [-0.2, -0.15) is 8.42 Å². The molecule has 2 N–H and O–H groups in total. The van der Waals surface area contributed by atoms with Crippen LogP contribution in [-0.2, 0) is 15.1 Å². The highest BCUT2D eigenvalue weighted by Crippen LogP contribution is 1.76. The van der Waals surface area contributed by atoms with Crippen molar-refractivity contribution in [1.29, 1.82) is 0 Å². The maximum absolute atomic E-state index is 9.80. The Labute approximate surface area is 51.8 Å². The lowest BCUT2D eigenvalue weighted by Crippen LogP contribution is -2.18. The number of halogens is 1. The molecule has 0 spiro atoms. The van der Waals surface area contributed by atoms with Crippen LogP contribution in [0.3, 0.4) is 0 Å². The van der Waals surface area contributed by atoms with E-state index in [0.29, 0.717) is 0 Å². The molecule has 0 aliphatic carbocycles. The van der Waals surface area contributed by atoms with E-state index in [0.717, 1.165) is 0 Å². The largest absolute Gasteiger partial charge is 0.364 e. The lowest BCUT2D eigenvalue weighted by atomic mass is 10.8. The third-order valence-electron chi connectivity index (χ3n) is 0.340. The highest BCUT2D eigenvalue weighted by molar-refractivity contribution is 7.78. The highest BCUT2D eigenvalue weighted by Gasteiger charge is 2.01. The van der Waals surface area contributed by atoms with E-state index in [-0.39, 0.29) is 0 Å². The van der Waals surface area contributed by atoms with Gasteiger partial charge in [-0.05, 0) is 0 Å². The molecule has 8 heavy (non-hydrogen) atoms. The zero-order valence-corrected chi connectivity index (χ0v) is 5.16. The zero-order valence-electron chi connectivity index (χ0n) is 3.59. The number of nitrogens with two attached hydrogens (primary N) is 1. The first-order valence-corrected chi connectivity index (χ1v) is 2.92. The summed E-state index contributed by atoms with van der Waals surface area (Å²) in [5.41, 5.74) is 4.44. The molecular formula is C2H2ClNO3S. The van der Waals surface area contributed by atoms with Gasteiger partial charge in [-0.15, -0.1) is 0 Å². The van der Waals surface area contributed by atoms with Gasteiger partial charge in [-0.25, -0.2) is 0 Å². The van der Waals surface area contributed by atoms with E-state index in [4.69, 9.17) is 11.6 Å². The molecule has 0 rings (SSSR count). The van der Waals surface area contributed by atoms with Crippen molar-refractivity contribution in [3.05, 3.63) is 0 Å². The van der Waals surface area contributed by atoms with E-state index in [2.05, 4.69) is 5.73 Å². The number of primary amides is 1. The van der Waals surface area contributed by atoms with Crippen LogP contribution in [0, 0.1) is 0 Å². The molecule has 0 aliphatic heterocycles. The summed E-state index contributed by atoms with van der Waals surface area (Å²) in [5, 5.41) is 0. The van der Waals surface area contributed by atoms with Crippen LogP contribution < -0.4 is 5.73 Å². The number of amides is 1. The summed E-state index contributed by atoms with van der Waals surface area (Å²) in [5.74, 6) is -1.14. The minimum Gasteiger partial charge on any atom is -0.364 e. The monoisotopic (exact) mass is 155 g/mol. The molecule has 0 aliphatic rings. The molecule has 0 radical (unpaired) electrons. The fourth-order valence-corrected chi connectivity index (χ4v) is 0.246. The van der Waals surface area contributed by atoms with Crippen LogP contribution in [0.2, 0.25) is 0 Å². The summed E-state index contributed by atoms with van der Waals surface area (Å²) in [6.07, 6.45) is 0.